The van der Waals surface area contributed by atoms with Crippen LogP contribution >= 0.6 is 0 Å². The first kappa shape index (κ1) is 21.1. The van der Waals surface area contributed by atoms with E-state index in [9.17, 15) is 29.8 Å². The molecule has 12 heteroatoms. The molecule has 2 aromatic carbocycles. The quantitative estimate of drug-likeness (QED) is 0.395. The highest BCUT2D eigenvalue weighted by atomic mass is 16.6. The summed E-state index contributed by atoms with van der Waals surface area (Å²) in [7, 11) is 2.59. The molecule has 0 fully saturated rings. The zero-order chi connectivity index (χ0) is 21.6. The van der Waals surface area contributed by atoms with E-state index in [0.29, 0.717) is 0 Å². The van der Waals surface area contributed by atoms with Crippen molar-refractivity contribution in [1.29, 1.82) is 0 Å². The Balaban J connectivity index is 2.10. The summed E-state index contributed by atoms with van der Waals surface area (Å²) in [6, 6.07) is 7.10. The summed E-state index contributed by atoms with van der Waals surface area (Å²) in [5, 5.41) is 24.2. The van der Waals surface area contributed by atoms with Gasteiger partial charge in [-0.1, -0.05) is 0 Å². The standard InChI is InChI=1S/C17H15N3O9/c1-27-11-4-5-13(14(8-11)20(25)26)18-16(21)9-29-17(22)12-7-10(19(23)24)3-6-15(12)28-2/h3-8H,9H2,1-2H3,(H,18,21). The van der Waals surface area contributed by atoms with E-state index >= 15 is 0 Å². The smallest absolute Gasteiger partial charge is 0.342 e. The monoisotopic (exact) mass is 405 g/mol. The Kier molecular flexibility index (Phi) is 6.63. The van der Waals surface area contributed by atoms with Crippen molar-refractivity contribution < 1.29 is 33.6 Å². The largest absolute Gasteiger partial charge is 0.496 e. The van der Waals surface area contributed by atoms with Crippen LogP contribution in [0.4, 0.5) is 17.1 Å². The second-order valence-corrected chi connectivity index (χ2v) is 5.41. The Bertz CT molecular complexity index is 975. The van der Waals surface area contributed by atoms with E-state index in [4.69, 9.17) is 14.2 Å². The van der Waals surface area contributed by atoms with Crippen LogP contribution in [-0.2, 0) is 9.53 Å². The fourth-order valence-electron chi connectivity index (χ4n) is 2.26. The van der Waals surface area contributed by atoms with E-state index in [1.165, 1.54) is 32.4 Å². The molecule has 1 amide bonds. The third-order valence-corrected chi connectivity index (χ3v) is 3.62. The average molecular weight is 405 g/mol. The third-order valence-electron chi connectivity index (χ3n) is 3.62. The molecule has 0 spiro atoms. The summed E-state index contributed by atoms with van der Waals surface area (Å²) in [4.78, 5) is 44.8. The Morgan fingerprint density at radius 1 is 1.00 bits per heavy atom. The molecular formula is C17H15N3O9. The summed E-state index contributed by atoms with van der Waals surface area (Å²) in [5.41, 5.74) is -1.14. The predicted octanol–water partition coefficient (Wildman–Crippen LogP) is 2.32. The van der Waals surface area contributed by atoms with Crippen LogP contribution in [0.2, 0.25) is 0 Å². The lowest BCUT2D eigenvalue weighted by Crippen LogP contribution is -2.21. The lowest BCUT2D eigenvalue weighted by Gasteiger charge is -2.10. The molecule has 12 nitrogen and oxygen atoms in total. The van der Waals surface area contributed by atoms with E-state index in [2.05, 4.69) is 5.32 Å². The number of nitrogens with one attached hydrogen (secondary N) is 1. The van der Waals surface area contributed by atoms with E-state index in [1.807, 2.05) is 0 Å². The van der Waals surface area contributed by atoms with Gasteiger partial charge in [-0.3, -0.25) is 25.0 Å². The number of carbonyl (C=O) groups is 2. The van der Waals surface area contributed by atoms with Crippen LogP contribution in [0.3, 0.4) is 0 Å². The number of esters is 1. The number of methoxy groups -OCH3 is 2. The maximum absolute atomic E-state index is 12.2. The number of hydrogen-bond donors (Lipinski definition) is 1. The minimum absolute atomic E-state index is 0.0202. The fraction of sp³-hybridized carbons (Fsp3) is 0.176. The van der Waals surface area contributed by atoms with Crippen LogP contribution < -0.4 is 14.8 Å². The molecule has 0 saturated carbocycles. The second-order valence-electron chi connectivity index (χ2n) is 5.41. The fourth-order valence-corrected chi connectivity index (χ4v) is 2.26. The van der Waals surface area contributed by atoms with Gasteiger partial charge in [0, 0.05) is 12.1 Å². The number of ether oxygens (including phenoxy) is 3. The molecule has 0 aliphatic rings. The lowest BCUT2D eigenvalue weighted by atomic mass is 10.2. The molecular weight excluding hydrogens is 390 g/mol. The molecule has 0 atom stereocenters. The van der Waals surface area contributed by atoms with Gasteiger partial charge < -0.3 is 19.5 Å². The SMILES string of the molecule is COc1ccc(NC(=O)COC(=O)c2cc([N+](=O)[O-])ccc2OC)c([N+](=O)[O-])c1. The molecule has 152 valence electrons. The summed E-state index contributed by atoms with van der Waals surface area (Å²) in [5.74, 6) is -1.65. The molecule has 29 heavy (non-hydrogen) atoms. The zero-order valence-corrected chi connectivity index (χ0v) is 15.2. The van der Waals surface area contributed by atoms with Crippen LogP contribution in [0, 0.1) is 20.2 Å². The highest BCUT2D eigenvalue weighted by Gasteiger charge is 2.21. The van der Waals surface area contributed by atoms with Crippen molar-refractivity contribution in [3.8, 4) is 11.5 Å². The molecule has 2 aromatic rings. The van der Waals surface area contributed by atoms with Crippen LogP contribution in [0.1, 0.15) is 10.4 Å². The molecule has 1 N–H and O–H groups in total. The molecule has 0 saturated heterocycles. The number of anilines is 1. The first-order chi connectivity index (χ1) is 13.8. The number of rotatable bonds is 8. The normalized spacial score (nSPS) is 10.0. The Morgan fingerprint density at radius 3 is 2.31 bits per heavy atom. The lowest BCUT2D eigenvalue weighted by molar-refractivity contribution is -0.384. The van der Waals surface area contributed by atoms with Crippen LogP contribution in [0.25, 0.3) is 0 Å². The minimum atomic E-state index is -1.04. The average Bonchev–Trinajstić information content (AvgIpc) is 2.71. The van der Waals surface area contributed by atoms with Gasteiger partial charge in [-0.25, -0.2) is 4.79 Å². The van der Waals surface area contributed by atoms with Crippen molar-refractivity contribution >= 4 is 28.9 Å². The Hall–Kier alpha value is -4.22. The van der Waals surface area contributed by atoms with Gasteiger partial charge >= 0.3 is 5.97 Å². The number of non-ortho nitro benzene ring substituents is 1. The van der Waals surface area contributed by atoms with Crippen molar-refractivity contribution in [2.75, 3.05) is 26.1 Å². The molecule has 0 aliphatic heterocycles. The maximum atomic E-state index is 12.2. The number of nitro benzene ring substituents is 2. The van der Waals surface area contributed by atoms with Gasteiger partial charge in [0.05, 0.1) is 30.1 Å². The van der Waals surface area contributed by atoms with Gasteiger partial charge in [-0.2, -0.15) is 0 Å². The summed E-state index contributed by atoms with van der Waals surface area (Å²) >= 11 is 0. The second kappa shape index (κ2) is 9.12. The van der Waals surface area contributed by atoms with E-state index in [-0.39, 0.29) is 28.4 Å². The number of carbonyl (C=O) groups excluding carboxylic acids is 2. The number of nitro groups is 2. The topological polar surface area (TPSA) is 160 Å². The van der Waals surface area contributed by atoms with E-state index in [1.54, 1.807) is 0 Å². The number of benzene rings is 2. The Morgan fingerprint density at radius 2 is 1.72 bits per heavy atom. The number of hydrogen-bond acceptors (Lipinski definition) is 9. The van der Waals surface area contributed by atoms with Crippen molar-refractivity contribution in [2.24, 2.45) is 0 Å². The van der Waals surface area contributed by atoms with Gasteiger partial charge in [0.1, 0.15) is 22.7 Å². The molecule has 2 rings (SSSR count). The van der Waals surface area contributed by atoms with Gasteiger partial charge in [0.2, 0.25) is 0 Å². The van der Waals surface area contributed by atoms with Crippen molar-refractivity contribution in [2.45, 2.75) is 0 Å². The van der Waals surface area contributed by atoms with E-state index in [0.717, 1.165) is 18.2 Å². The van der Waals surface area contributed by atoms with Crippen molar-refractivity contribution in [3.05, 3.63) is 62.2 Å². The third kappa shape index (κ3) is 5.15. The minimum Gasteiger partial charge on any atom is -0.496 e. The molecule has 0 aromatic heterocycles. The molecule has 0 aliphatic carbocycles. The van der Waals surface area contributed by atoms with E-state index < -0.39 is 34.0 Å². The van der Waals surface area contributed by atoms with Crippen LogP contribution in [0.15, 0.2) is 36.4 Å². The summed E-state index contributed by atoms with van der Waals surface area (Å²) in [6.07, 6.45) is 0. The van der Waals surface area contributed by atoms with Crippen molar-refractivity contribution in [1.82, 2.24) is 0 Å². The zero-order valence-electron chi connectivity index (χ0n) is 15.2. The summed E-state index contributed by atoms with van der Waals surface area (Å²) in [6.45, 7) is -0.784. The first-order valence-corrected chi connectivity index (χ1v) is 7.88. The van der Waals surface area contributed by atoms with Gasteiger partial charge in [-0.05, 0) is 18.2 Å². The molecule has 0 heterocycles. The maximum Gasteiger partial charge on any atom is 0.342 e. The van der Waals surface area contributed by atoms with Gasteiger partial charge in [0.15, 0.2) is 6.61 Å². The molecule has 0 bridgehead atoms. The van der Waals surface area contributed by atoms with Crippen molar-refractivity contribution in [3.63, 3.8) is 0 Å². The highest BCUT2D eigenvalue weighted by molar-refractivity contribution is 5.98. The number of nitrogens with zero attached hydrogens (tertiary/aromatic N) is 2. The number of amides is 1. The summed E-state index contributed by atoms with van der Waals surface area (Å²) < 4.78 is 14.7. The van der Waals surface area contributed by atoms with Gasteiger partial charge in [-0.15, -0.1) is 0 Å². The van der Waals surface area contributed by atoms with Crippen LogP contribution in [0.5, 0.6) is 11.5 Å². The van der Waals surface area contributed by atoms with Crippen LogP contribution in [-0.4, -0.2) is 42.5 Å². The first-order valence-electron chi connectivity index (χ1n) is 7.88. The molecule has 0 unspecified atom stereocenters. The highest BCUT2D eigenvalue weighted by Crippen LogP contribution is 2.29. The Labute approximate surface area is 163 Å². The molecule has 0 radical (unpaired) electrons. The predicted molar refractivity (Wildman–Crippen MR) is 98.2 cm³/mol. The van der Waals surface area contributed by atoms with Gasteiger partial charge in [0.25, 0.3) is 17.3 Å².